The van der Waals surface area contributed by atoms with Crippen LogP contribution in [0.2, 0.25) is 0 Å². The summed E-state index contributed by atoms with van der Waals surface area (Å²) in [5.74, 6) is -0.0157. The molecule has 6 nitrogen and oxygen atoms in total. The molecule has 0 heterocycles. The predicted octanol–water partition coefficient (Wildman–Crippen LogP) is 0.891. The van der Waals surface area contributed by atoms with Gasteiger partial charge in [0.05, 0.1) is 10.3 Å². The van der Waals surface area contributed by atoms with E-state index in [9.17, 15) is 13.2 Å². The second kappa shape index (κ2) is 7.41. The molecule has 1 aromatic carbocycles. The number of primary sulfonamides is 1. The number of hydrogen-bond acceptors (Lipinski definition) is 4. The molecule has 0 aliphatic heterocycles. The van der Waals surface area contributed by atoms with Gasteiger partial charge >= 0.3 is 0 Å². The summed E-state index contributed by atoms with van der Waals surface area (Å²) in [6, 6.07) is 6.16. The summed E-state index contributed by atoms with van der Waals surface area (Å²) in [6.45, 7) is 0.717. The van der Waals surface area contributed by atoms with E-state index in [0.717, 1.165) is 31.2 Å². The standard InChI is InChI=1S/C14H21N3O3S.ClH/c15-10-14(7-1-2-8-14)13(18)17-9-11-3-5-12(6-4-11)21(16,19)20;/h3-6H,1-2,7-10,15H2,(H,17,18)(H2,16,19,20);1H. The largest absolute Gasteiger partial charge is 0.352 e. The fraction of sp³-hybridized carbons (Fsp3) is 0.500. The maximum Gasteiger partial charge on any atom is 0.238 e. The number of nitrogens with one attached hydrogen (secondary N) is 1. The van der Waals surface area contributed by atoms with E-state index in [1.54, 1.807) is 12.1 Å². The van der Waals surface area contributed by atoms with Gasteiger partial charge in [0.2, 0.25) is 15.9 Å². The van der Waals surface area contributed by atoms with Crippen LogP contribution in [0.1, 0.15) is 31.2 Å². The summed E-state index contributed by atoms with van der Waals surface area (Å²) >= 11 is 0. The Balaban J connectivity index is 0.00000242. The maximum atomic E-state index is 12.3. The number of carbonyl (C=O) groups excluding carboxylic acids is 1. The first-order valence-corrected chi connectivity index (χ1v) is 8.52. The Morgan fingerprint density at radius 1 is 1.18 bits per heavy atom. The highest BCUT2D eigenvalue weighted by Gasteiger charge is 2.39. The van der Waals surface area contributed by atoms with Crippen molar-refractivity contribution in [3.8, 4) is 0 Å². The van der Waals surface area contributed by atoms with Crippen LogP contribution in [0.5, 0.6) is 0 Å². The molecule has 0 radical (unpaired) electrons. The summed E-state index contributed by atoms with van der Waals surface area (Å²) in [5.41, 5.74) is 6.16. The predicted molar refractivity (Wildman–Crippen MR) is 86.9 cm³/mol. The first-order valence-electron chi connectivity index (χ1n) is 6.97. The average molecular weight is 348 g/mol. The quantitative estimate of drug-likeness (QED) is 0.733. The van der Waals surface area contributed by atoms with E-state index in [-0.39, 0.29) is 23.2 Å². The van der Waals surface area contributed by atoms with Crippen molar-refractivity contribution in [3.05, 3.63) is 29.8 Å². The smallest absolute Gasteiger partial charge is 0.238 e. The number of rotatable bonds is 5. The molecule has 0 spiro atoms. The molecule has 5 N–H and O–H groups in total. The molecule has 1 aliphatic rings. The lowest BCUT2D eigenvalue weighted by molar-refractivity contribution is -0.130. The van der Waals surface area contributed by atoms with Crippen LogP contribution in [0, 0.1) is 5.41 Å². The molecule has 0 unspecified atom stereocenters. The van der Waals surface area contributed by atoms with Crippen molar-refractivity contribution in [2.24, 2.45) is 16.3 Å². The van der Waals surface area contributed by atoms with Gasteiger partial charge in [0.1, 0.15) is 0 Å². The van der Waals surface area contributed by atoms with Gasteiger partial charge in [-0.3, -0.25) is 4.79 Å². The highest BCUT2D eigenvalue weighted by molar-refractivity contribution is 7.89. The summed E-state index contributed by atoms with van der Waals surface area (Å²) < 4.78 is 22.3. The van der Waals surface area contributed by atoms with Gasteiger partial charge in [-0.15, -0.1) is 12.4 Å². The van der Waals surface area contributed by atoms with Gasteiger partial charge in [-0.1, -0.05) is 25.0 Å². The third-order valence-electron chi connectivity index (χ3n) is 4.14. The zero-order valence-corrected chi connectivity index (χ0v) is 13.9. The van der Waals surface area contributed by atoms with Crippen molar-refractivity contribution in [2.75, 3.05) is 6.54 Å². The van der Waals surface area contributed by atoms with E-state index in [2.05, 4.69) is 5.32 Å². The summed E-state index contributed by atoms with van der Waals surface area (Å²) in [4.78, 5) is 12.4. The lowest BCUT2D eigenvalue weighted by Crippen LogP contribution is -2.43. The van der Waals surface area contributed by atoms with Gasteiger partial charge in [0.15, 0.2) is 0 Å². The summed E-state index contributed by atoms with van der Waals surface area (Å²) in [5, 5.41) is 7.93. The number of sulfonamides is 1. The third-order valence-corrected chi connectivity index (χ3v) is 5.07. The van der Waals surface area contributed by atoms with E-state index in [1.807, 2.05) is 0 Å². The van der Waals surface area contributed by atoms with Crippen molar-refractivity contribution in [1.29, 1.82) is 0 Å². The number of halogens is 1. The molecule has 0 atom stereocenters. The highest BCUT2D eigenvalue weighted by Crippen LogP contribution is 2.37. The number of carbonyl (C=O) groups is 1. The molecule has 0 saturated heterocycles. The zero-order chi connectivity index (χ0) is 15.5. The first kappa shape index (κ1) is 18.9. The third kappa shape index (κ3) is 4.19. The topological polar surface area (TPSA) is 115 Å². The normalized spacial score (nSPS) is 16.8. The minimum absolute atomic E-state index is 0. The van der Waals surface area contributed by atoms with Gasteiger partial charge in [-0.05, 0) is 30.5 Å². The Bertz CT molecular complexity index is 611. The molecular formula is C14H22ClN3O3S. The van der Waals surface area contributed by atoms with E-state index in [4.69, 9.17) is 10.9 Å². The minimum Gasteiger partial charge on any atom is -0.352 e. The van der Waals surface area contributed by atoms with Crippen molar-refractivity contribution < 1.29 is 13.2 Å². The van der Waals surface area contributed by atoms with Gasteiger partial charge in [-0.25, -0.2) is 13.6 Å². The van der Waals surface area contributed by atoms with Crippen molar-refractivity contribution >= 4 is 28.3 Å². The second-order valence-electron chi connectivity index (χ2n) is 5.56. The number of nitrogens with two attached hydrogens (primary N) is 2. The van der Waals surface area contributed by atoms with Gasteiger partial charge in [0.25, 0.3) is 0 Å². The molecule has 1 fully saturated rings. The molecule has 1 saturated carbocycles. The Morgan fingerprint density at radius 3 is 2.18 bits per heavy atom. The molecule has 0 aromatic heterocycles. The van der Waals surface area contributed by atoms with Crippen LogP contribution in [0.15, 0.2) is 29.2 Å². The van der Waals surface area contributed by atoms with Crippen LogP contribution in [0.3, 0.4) is 0 Å². The molecule has 1 amide bonds. The van der Waals surface area contributed by atoms with E-state index in [0.29, 0.717) is 13.1 Å². The van der Waals surface area contributed by atoms with Crippen LogP contribution >= 0.6 is 12.4 Å². The lowest BCUT2D eigenvalue weighted by atomic mass is 9.85. The van der Waals surface area contributed by atoms with Crippen molar-refractivity contribution in [1.82, 2.24) is 5.32 Å². The molecule has 124 valence electrons. The number of amides is 1. The Hall–Kier alpha value is -1.15. The summed E-state index contributed by atoms with van der Waals surface area (Å²) in [6.07, 6.45) is 3.74. The highest BCUT2D eigenvalue weighted by atomic mass is 35.5. The van der Waals surface area contributed by atoms with Gasteiger partial charge < -0.3 is 11.1 Å². The Labute approximate surface area is 137 Å². The first-order chi connectivity index (χ1) is 9.87. The fourth-order valence-corrected chi connectivity index (χ4v) is 3.26. The number of benzene rings is 1. The van der Waals surface area contributed by atoms with Crippen LogP contribution < -0.4 is 16.2 Å². The van der Waals surface area contributed by atoms with Crippen LogP contribution in [0.4, 0.5) is 0 Å². The van der Waals surface area contributed by atoms with Crippen molar-refractivity contribution in [3.63, 3.8) is 0 Å². The van der Waals surface area contributed by atoms with Crippen LogP contribution in [-0.4, -0.2) is 20.9 Å². The summed E-state index contributed by atoms with van der Waals surface area (Å²) in [7, 11) is -3.68. The lowest BCUT2D eigenvalue weighted by Gasteiger charge is -2.25. The van der Waals surface area contributed by atoms with Gasteiger partial charge in [-0.2, -0.15) is 0 Å². The van der Waals surface area contributed by atoms with E-state index < -0.39 is 15.4 Å². The molecule has 2 rings (SSSR count). The molecule has 0 bridgehead atoms. The average Bonchev–Trinajstić information content (AvgIpc) is 2.94. The maximum absolute atomic E-state index is 12.3. The molecular weight excluding hydrogens is 326 g/mol. The fourth-order valence-electron chi connectivity index (χ4n) is 2.74. The Morgan fingerprint density at radius 2 is 1.73 bits per heavy atom. The van der Waals surface area contributed by atoms with E-state index in [1.165, 1.54) is 12.1 Å². The Kier molecular flexibility index (Phi) is 6.37. The van der Waals surface area contributed by atoms with Gasteiger partial charge in [0, 0.05) is 13.1 Å². The molecule has 1 aromatic rings. The van der Waals surface area contributed by atoms with Crippen LogP contribution in [-0.2, 0) is 21.4 Å². The monoisotopic (exact) mass is 347 g/mol. The minimum atomic E-state index is -3.68. The molecule has 8 heteroatoms. The second-order valence-corrected chi connectivity index (χ2v) is 7.12. The number of hydrogen-bond donors (Lipinski definition) is 3. The van der Waals surface area contributed by atoms with E-state index >= 15 is 0 Å². The van der Waals surface area contributed by atoms with Crippen LogP contribution in [0.25, 0.3) is 0 Å². The molecule has 22 heavy (non-hydrogen) atoms. The molecule has 1 aliphatic carbocycles. The SMILES string of the molecule is Cl.NCC1(C(=O)NCc2ccc(S(N)(=O)=O)cc2)CCCC1. The van der Waals surface area contributed by atoms with Crippen molar-refractivity contribution in [2.45, 2.75) is 37.1 Å². The zero-order valence-electron chi connectivity index (χ0n) is 12.2.